The van der Waals surface area contributed by atoms with Crippen molar-refractivity contribution >= 4 is 27.7 Å². The van der Waals surface area contributed by atoms with Crippen LogP contribution in [0.15, 0.2) is 23.1 Å². The highest BCUT2D eigenvalue weighted by Gasteiger charge is 2.28. The van der Waals surface area contributed by atoms with Crippen LogP contribution >= 0.6 is 11.8 Å². The van der Waals surface area contributed by atoms with Crippen LogP contribution in [0.25, 0.3) is 0 Å². The monoisotopic (exact) mass is 428 g/mol. The first-order chi connectivity index (χ1) is 13.5. The van der Waals surface area contributed by atoms with E-state index >= 15 is 0 Å². The van der Waals surface area contributed by atoms with E-state index in [0.29, 0.717) is 36.9 Å². The molecule has 1 amide bonds. The van der Waals surface area contributed by atoms with Crippen LogP contribution in [0, 0.1) is 0 Å². The summed E-state index contributed by atoms with van der Waals surface area (Å²) in [5.74, 6) is 1.37. The second kappa shape index (κ2) is 9.84. The summed E-state index contributed by atoms with van der Waals surface area (Å²) in [5, 5.41) is 3.03. The molecule has 0 radical (unpaired) electrons. The SMILES string of the molecule is CSCC[C@H](NS(=O)(=O)c1ccc2c(c1)OCCO2)C(=O)NC1CCCCC1. The van der Waals surface area contributed by atoms with Gasteiger partial charge in [0.15, 0.2) is 11.5 Å². The van der Waals surface area contributed by atoms with Crippen molar-refractivity contribution in [2.75, 3.05) is 25.2 Å². The van der Waals surface area contributed by atoms with Gasteiger partial charge in [0.1, 0.15) is 19.3 Å². The van der Waals surface area contributed by atoms with Crippen LogP contribution in [0.4, 0.5) is 0 Å². The minimum Gasteiger partial charge on any atom is -0.486 e. The van der Waals surface area contributed by atoms with Gasteiger partial charge in [-0.3, -0.25) is 4.79 Å². The number of ether oxygens (including phenoxy) is 2. The van der Waals surface area contributed by atoms with Gasteiger partial charge in [0, 0.05) is 12.1 Å². The zero-order chi connectivity index (χ0) is 20.0. The van der Waals surface area contributed by atoms with E-state index in [1.165, 1.54) is 18.6 Å². The van der Waals surface area contributed by atoms with E-state index in [2.05, 4.69) is 10.0 Å². The number of carbonyl (C=O) groups is 1. The summed E-state index contributed by atoms with van der Waals surface area (Å²) in [4.78, 5) is 12.8. The van der Waals surface area contributed by atoms with Gasteiger partial charge < -0.3 is 14.8 Å². The molecule has 0 spiro atoms. The first kappa shape index (κ1) is 21.3. The Labute approximate surface area is 171 Å². The van der Waals surface area contributed by atoms with Gasteiger partial charge in [-0.15, -0.1) is 0 Å². The number of nitrogens with one attached hydrogen (secondary N) is 2. The van der Waals surface area contributed by atoms with Crippen molar-refractivity contribution in [3.8, 4) is 11.5 Å². The molecule has 0 unspecified atom stereocenters. The van der Waals surface area contributed by atoms with E-state index in [1.54, 1.807) is 17.8 Å². The molecule has 1 aromatic carbocycles. The minimum absolute atomic E-state index is 0.0661. The van der Waals surface area contributed by atoms with Crippen LogP contribution in [0.2, 0.25) is 0 Å². The highest BCUT2D eigenvalue weighted by Crippen LogP contribution is 2.32. The predicted molar refractivity (Wildman–Crippen MR) is 110 cm³/mol. The summed E-state index contributed by atoms with van der Waals surface area (Å²) in [6, 6.07) is 3.84. The fraction of sp³-hybridized carbons (Fsp3) is 0.632. The molecule has 9 heteroatoms. The van der Waals surface area contributed by atoms with Crippen molar-refractivity contribution in [3.05, 3.63) is 18.2 Å². The first-order valence-electron chi connectivity index (χ1n) is 9.71. The Morgan fingerprint density at radius 2 is 1.89 bits per heavy atom. The van der Waals surface area contributed by atoms with E-state index < -0.39 is 16.1 Å². The van der Waals surface area contributed by atoms with Crippen LogP contribution < -0.4 is 19.5 Å². The quantitative estimate of drug-likeness (QED) is 0.660. The third-order valence-electron chi connectivity index (χ3n) is 5.00. The predicted octanol–water partition coefficient (Wildman–Crippen LogP) is 2.31. The van der Waals surface area contributed by atoms with Crippen molar-refractivity contribution in [2.24, 2.45) is 0 Å². The lowest BCUT2D eigenvalue weighted by Crippen LogP contribution is -2.50. The van der Waals surface area contributed by atoms with Crippen molar-refractivity contribution in [1.82, 2.24) is 10.0 Å². The summed E-state index contributed by atoms with van der Waals surface area (Å²) in [5.41, 5.74) is 0. The number of sulfonamides is 1. The van der Waals surface area contributed by atoms with Crippen molar-refractivity contribution in [3.63, 3.8) is 0 Å². The lowest BCUT2D eigenvalue weighted by Gasteiger charge is -2.26. The summed E-state index contributed by atoms with van der Waals surface area (Å²) in [6.07, 6.45) is 7.67. The number of carbonyl (C=O) groups excluding carboxylic acids is 1. The second-order valence-corrected chi connectivity index (χ2v) is 9.80. The largest absolute Gasteiger partial charge is 0.486 e. The van der Waals surface area contributed by atoms with Gasteiger partial charge in [0.25, 0.3) is 0 Å². The molecule has 3 rings (SSSR count). The van der Waals surface area contributed by atoms with Crippen molar-refractivity contribution in [1.29, 1.82) is 0 Å². The van der Waals surface area contributed by atoms with Gasteiger partial charge in [-0.05, 0) is 43.4 Å². The maximum atomic E-state index is 12.9. The Kier molecular flexibility index (Phi) is 7.48. The van der Waals surface area contributed by atoms with Crippen molar-refractivity contribution < 1.29 is 22.7 Å². The maximum Gasteiger partial charge on any atom is 0.241 e. The first-order valence-corrected chi connectivity index (χ1v) is 12.6. The number of amides is 1. The van der Waals surface area contributed by atoms with Crippen molar-refractivity contribution in [2.45, 2.75) is 55.5 Å². The topological polar surface area (TPSA) is 93.7 Å². The number of fused-ring (bicyclic) bond motifs is 1. The number of benzene rings is 1. The van der Waals surface area contributed by atoms with Gasteiger partial charge >= 0.3 is 0 Å². The molecule has 1 heterocycles. The van der Waals surface area contributed by atoms with Crippen LogP contribution in [0.5, 0.6) is 11.5 Å². The highest BCUT2D eigenvalue weighted by molar-refractivity contribution is 7.98. The van der Waals surface area contributed by atoms with E-state index in [0.717, 1.165) is 25.7 Å². The third kappa shape index (κ3) is 5.55. The molecule has 1 aromatic rings. The zero-order valence-corrected chi connectivity index (χ0v) is 17.7. The Balaban J connectivity index is 1.72. The molecule has 2 aliphatic rings. The smallest absolute Gasteiger partial charge is 0.241 e. The van der Waals surface area contributed by atoms with Gasteiger partial charge in [-0.1, -0.05) is 19.3 Å². The summed E-state index contributed by atoms with van der Waals surface area (Å²) >= 11 is 1.58. The molecule has 0 aromatic heterocycles. The Hall–Kier alpha value is -1.45. The fourth-order valence-electron chi connectivity index (χ4n) is 3.47. The molecular weight excluding hydrogens is 400 g/mol. The van der Waals surface area contributed by atoms with Gasteiger partial charge in [-0.25, -0.2) is 8.42 Å². The molecule has 7 nitrogen and oxygen atoms in total. The number of hydrogen-bond acceptors (Lipinski definition) is 6. The molecular formula is C19H28N2O5S2. The summed E-state index contributed by atoms with van der Waals surface area (Å²) in [6.45, 7) is 0.819. The van der Waals surface area contributed by atoms with Crippen LogP contribution in [0.3, 0.4) is 0 Å². The van der Waals surface area contributed by atoms with E-state index in [1.807, 2.05) is 6.26 Å². The minimum atomic E-state index is -3.86. The van der Waals surface area contributed by atoms with Crippen LogP contribution in [-0.2, 0) is 14.8 Å². The average molecular weight is 429 g/mol. The summed E-state index contributed by atoms with van der Waals surface area (Å²) < 4.78 is 39.3. The van der Waals surface area contributed by atoms with Crippen LogP contribution in [0.1, 0.15) is 38.5 Å². The molecule has 1 saturated carbocycles. The molecule has 1 atom stereocenters. The number of rotatable bonds is 8. The summed E-state index contributed by atoms with van der Waals surface area (Å²) in [7, 11) is -3.86. The van der Waals surface area contributed by atoms with Gasteiger partial charge in [0.2, 0.25) is 15.9 Å². The number of thioether (sulfide) groups is 1. The Morgan fingerprint density at radius 1 is 1.18 bits per heavy atom. The standard InChI is InChI=1S/C19H28N2O5S2/c1-27-12-9-16(19(22)20-14-5-3-2-4-6-14)21-28(23,24)15-7-8-17-18(13-15)26-11-10-25-17/h7-8,13-14,16,21H,2-6,9-12H2,1H3,(H,20,22)/t16-/m0/s1. The van der Waals surface area contributed by atoms with E-state index in [4.69, 9.17) is 9.47 Å². The molecule has 1 aliphatic heterocycles. The normalized spacial score (nSPS) is 18.5. The van der Waals surface area contributed by atoms with Crippen LogP contribution in [-0.4, -0.2) is 51.6 Å². The maximum absolute atomic E-state index is 12.9. The van der Waals surface area contributed by atoms with E-state index in [-0.39, 0.29) is 16.8 Å². The molecule has 1 fully saturated rings. The Bertz CT molecular complexity index is 779. The second-order valence-electron chi connectivity index (χ2n) is 7.10. The average Bonchev–Trinajstić information content (AvgIpc) is 2.71. The van der Waals surface area contributed by atoms with Gasteiger partial charge in [-0.2, -0.15) is 16.5 Å². The molecule has 1 aliphatic carbocycles. The van der Waals surface area contributed by atoms with Gasteiger partial charge in [0.05, 0.1) is 4.90 Å². The third-order valence-corrected chi connectivity index (χ3v) is 7.11. The van der Waals surface area contributed by atoms with E-state index in [9.17, 15) is 13.2 Å². The number of hydrogen-bond donors (Lipinski definition) is 2. The fourth-order valence-corrected chi connectivity index (χ4v) is 5.19. The highest BCUT2D eigenvalue weighted by atomic mass is 32.2. The molecule has 156 valence electrons. The zero-order valence-electron chi connectivity index (χ0n) is 16.1. The molecule has 0 saturated heterocycles. The lowest BCUT2D eigenvalue weighted by molar-refractivity contribution is -0.123. The Morgan fingerprint density at radius 3 is 2.61 bits per heavy atom. The molecule has 2 N–H and O–H groups in total. The lowest BCUT2D eigenvalue weighted by atomic mass is 9.95. The molecule has 0 bridgehead atoms. The molecule has 28 heavy (non-hydrogen) atoms.